The van der Waals surface area contributed by atoms with Gasteiger partial charge in [0.15, 0.2) is 17.3 Å². The predicted octanol–water partition coefficient (Wildman–Crippen LogP) is 2.95. The van der Waals surface area contributed by atoms with E-state index in [2.05, 4.69) is 0 Å². The van der Waals surface area contributed by atoms with Gasteiger partial charge in [0.2, 0.25) is 0 Å². The maximum Gasteiger partial charge on any atom is 0.196 e. The van der Waals surface area contributed by atoms with Gasteiger partial charge < -0.3 is 10.2 Å². The Bertz CT molecular complexity index is 615. The lowest BCUT2D eigenvalue weighted by Gasteiger charge is -2.07. The zero-order valence-electron chi connectivity index (χ0n) is 10.3. The van der Waals surface area contributed by atoms with Crippen LogP contribution in [0.3, 0.4) is 0 Å². The molecule has 0 radical (unpaired) electrons. The number of benzene rings is 2. The van der Waals surface area contributed by atoms with E-state index < -0.39 is 0 Å². The van der Waals surface area contributed by atoms with Gasteiger partial charge in [-0.05, 0) is 37.6 Å². The molecule has 0 heterocycles. The lowest BCUT2D eigenvalue weighted by molar-refractivity contribution is 0.103. The van der Waals surface area contributed by atoms with Gasteiger partial charge in [0.05, 0.1) is 5.56 Å². The number of aromatic hydroxyl groups is 2. The Kier molecular flexibility index (Phi) is 3.06. The molecule has 3 nitrogen and oxygen atoms in total. The molecule has 0 unspecified atom stereocenters. The summed E-state index contributed by atoms with van der Waals surface area (Å²) in [5.41, 5.74) is 2.31. The number of ketones is 1. The second-order valence-corrected chi connectivity index (χ2v) is 4.38. The van der Waals surface area contributed by atoms with Crippen LogP contribution in [0.1, 0.15) is 27.0 Å². The van der Waals surface area contributed by atoms with Crippen molar-refractivity contribution >= 4 is 5.78 Å². The van der Waals surface area contributed by atoms with E-state index in [-0.39, 0.29) is 22.8 Å². The molecule has 3 heteroatoms. The van der Waals surface area contributed by atoms with Crippen molar-refractivity contribution in [2.45, 2.75) is 13.8 Å². The zero-order valence-corrected chi connectivity index (χ0v) is 10.3. The summed E-state index contributed by atoms with van der Waals surface area (Å²) in [6.45, 7) is 3.65. The maximum absolute atomic E-state index is 12.3. The van der Waals surface area contributed by atoms with Crippen LogP contribution >= 0.6 is 0 Å². The molecule has 0 saturated carbocycles. The van der Waals surface area contributed by atoms with Crippen molar-refractivity contribution in [1.29, 1.82) is 0 Å². The molecule has 92 valence electrons. The Balaban J connectivity index is 2.53. The predicted molar refractivity (Wildman–Crippen MR) is 69.1 cm³/mol. The molecule has 0 atom stereocenters. The summed E-state index contributed by atoms with van der Waals surface area (Å²) in [4.78, 5) is 12.3. The first kappa shape index (κ1) is 12.2. The number of carbonyl (C=O) groups is 1. The number of hydrogen-bond donors (Lipinski definition) is 2. The molecule has 2 aromatic rings. The van der Waals surface area contributed by atoms with Crippen molar-refractivity contribution in [3.8, 4) is 11.5 Å². The van der Waals surface area contributed by atoms with E-state index in [1.165, 1.54) is 6.07 Å². The van der Waals surface area contributed by atoms with Crippen LogP contribution in [0.5, 0.6) is 11.5 Å². The molecular weight excluding hydrogens is 228 g/mol. The average molecular weight is 242 g/mol. The van der Waals surface area contributed by atoms with Crippen molar-refractivity contribution in [2.75, 3.05) is 0 Å². The van der Waals surface area contributed by atoms with Gasteiger partial charge in [-0.2, -0.15) is 0 Å². The summed E-state index contributed by atoms with van der Waals surface area (Å²) < 4.78 is 0. The Labute approximate surface area is 105 Å². The first-order valence-corrected chi connectivity index (χ1v) is 5.63. The van der Waals surface area contributed by atoms with E-state index in [0.717, 1.165) is 11.1 Å². The van der Waals surface area contributed by atoms with Gasteiger partial charge in [0, 0.05) is 5.56 Å². The summed E-state index contributed by atoms with van der Waals surface area (Å²) in [5, 5.41) is 19.3. The molecule has 2 N–H and O–H groups in total. The van der Waals surface area contributed by atoms with Gasteiger partial charge in [-0.3, -0.25) is 4.79 Å². The largest absolute Gasteiger partial charge is 0.504 e. The molecule has 0 spiro atoms. The van der Waals surface area contributed by atoms with Crippen molar-refractivity contribution < 1.29 is 15.0 Å². The second-order valence-electron chi connectivity index (χ2n) is 4.38. The number of rotatable bonds is 2. The number of phenolic OH excluding ortho intramolecular Hbond substituents is 2. The molecular formula is C15H14O3. The quantitative estimate of drug-likeness (QED) is 0.628. The van der Waals surface area contributed by atoms with Gasteiger partial charge in [0.25, 0.3) is 0 Å². The number of aryl methyl sites for hydroxylation is 2. The zero-order chi connectivity index (χ0) is 13.3. The van der Waals surface area contributed by atoms with E-state index >= 15 is 0 Å². The number of hydrogen-bond acceptors (Lipinski definition) is 3. The molecule has 18 heavy (non-hydrogen) atoms. The molecule has 0 aromatic heterocycles. The standard InChI is InChI=1S/C15H14O3/c1-9-4-3-5-11(6-9)14(17)12-7-10(2)8-13(16)15(12)18/h3-8,16,18H,1-2H3. The monoisotopic (exact) mass is 242 g/mol. The fourth-order valence-electron chi connectivity index (χ4n) is 1.87. The third-order valence-electron chi connectivity index (χ3n) is 2.76. The minimum absolute atomic E-state index is 0.123. The molecule has 0 saturated heterocycles. The summed E-state index contributed by atoms with van der Waals surface area (Å²) >= 11 is 0. The van der Waals surface area contributed by atoms with E-state index in [1.54, 1.807) is 31.2 Å². The van der Waals surface area contributed by atoms with Crippen LogP contribution in [0, 0.1) is 13.8 Å². The van der Waals surface area contributed by atoms with Crippen LogP contribution in [0.2, 0.25) is 0 Å². The highest BCUT2D eigenvalue weighted by Crippen LogP contribution is 2.31. The van der Waals surface area contributed by atoms with Gasteiger partial charge >= 0.3 is 0 Å². The highest BCUT2D eigenvalue weighted by atomic mass is 16.3. The maximum atomic E-state index is 12.3. The van der Waals surface area contributed by atoms with Crippen LogP contribution < -0.4 is 0 Å². The van der Waals surface area contributed by atoms with Crippen molar-refractivity contribution in [1.82, 2.24) is 0 Å². The SMILES string of the molecule is Cc1cccc(C(=O)c2cc(C)cc(O)c2O)c1. The highest BCUT2D eigenvalue weighted by Gasteiger charge is 2.16. The summed E-state index contributed by atoms with van der Waals surface area (Å²) in [7, 11) is 0. The molecule has 0 aliphatic heterocycles. The average Bonchev–Trinajstić information content (AvgIpc) is 2.33. The summed E-state index contributed by atoms with van der Waals surface area (Å²) in [6, 6.07) is 10.1. The third-order valence-corrected chi connectivity index (χ3v) is 2.76. The molecule has 0 amide bonds. The first-order chi connectivity index (χ1) is 8.49. The van der Waals surface area contributed by atoms with Crippen LogP contribution in [0.25, 0.3) is 0 Å². The van der Waals surface area contributed by atoms with Crippen LogP contribution in [0.15, 0.2) is 36.4 Å². The molecule has 2 aromatic carbocycles. The summed E-state index contributed by atoms with van der Waals surface area (Å²) in [6.07, 6.45) is 0. The lowest BCUT2D eigenvalue weighted by Crippen LogP contribution is -2.02. The van der Waals surface area contributed by atoms with E-state index in [9.17, 15) is 15.0 Å². The van der Waals surface area contributed by atoms with Crippen LogP contribution in [-0.4, -0.2) is 16.0 Å². The highest BCUT2D eigenvalue weighted by molar-refractivity contribution is 6.11. The molecule has 0 aliphatic carbocycles. The molecule has 2 rings (SSSR count). The Hall–Kier alpha value is -2.29. The molecule has 0 aliphatic rings. The Morgan fingerprint density at radius 3 is 2.39 bits per heavy atom. The van der Waals surface area contributed by atoms with Crippen molar-refractivity contribution in [2.24, 2.45) is 0 Å². The topological polar surface area (TPSA) is 57.5 Å². The lowest BCUT2D eigenvalue weighted by atomic mass is 9.99. The first-order valence-electron chi connectivity index (χ1n) is 5.63. The van der Waals surface area contributed by atoms with E-state index in [0.29, 0.717) is 5.56 Å². The fourth-order valence-corrected chi connectivity index (χ4v) is 1.87. The fraction of sp³-hybridized carbons (Fsp3) is 0.133. The number of phenols is 2. The minimum atomic E-state index is -0.368. The van der Waals surface area contributed by atoms with Gasteiger partial charge in [0.1, 0.15) is 0 Å². The van der Waals surface area contributed by atoms with Crippen molar-refractivity contribution in [3.05, 3.63) is 58.7 Å². The summed E-state index contributed by atoms with van der Waals surface area (Å²) in [5.74, 6) is -0.937. The Morgan fingerprint density at radius 1 is 1.00 bits per heavy atom. The smallest absolute Gasteiger partial charge is 0.196 e. The molecule has 0 fully saturated rings. The van der Waals surface area contributed by atoms with E-state index in [4.69, 9.17) is 0 Å². The van der Waals surface area contributed by atoms with Gasteiger partial charge in [-0.25, -0.2) is 0 Å². The van der Waals surface area contributed by atoms with Crippen LogP contribution in [-0.2, 0) is 0 Å². The van der Waals surface area contributed by atoms with Gasteiger partial charge in [-0.1, -0.05) is 23.8 Å². The van der Waals surface area contributed by atoms with Gasteiger partial charge in [-0.15, -0.1) is 0 Å². The number of carbonyl (C=O) groups excluding carboxylic acids is 1. The minimum Gasteiger partial charge on any atom is -0.504 e. The Morgan fingerprint density at radius 2 is 1.72 bits per heavy atom. The normalized spacial score (nSPS) is 10.3. The third kappa shape index (κ3) is 2.20. The van der Waals surface area contributed by atoms with Crippen molar-refractivity contribution in [3.63, 3.8) is 0 Å². The van der Waals surface area contributed by atoms with E-state index in [1.807, 2.05) is 13.0 Å². The van der Waals surface area contributed by atoms with Crippen LogP contribution in [0.4, 0.5) is 0 Å². The second kappa shape index (κ2) is 4.53. The molecule has 0 bridgehead atoms.